The van der Waals surface area contributed by atoms with E-state index in [0.29, 0.717) is 29.3 Å². The van der Waals surface area contributed by atoms with E-state index >= 15 is 0 Å². The molecule has 3 N–H and O–H groups in total. The van der Waals surface area contributed by atoms with Crippen molar-refractivity contribution in [3.8, 4) is 11.3 Å². The van der Waals surface area contributed by atoms with E-state index in [0.717, 1.165) is 30.6 Å². The predicted octanol–water partition coefficient (Wildman–Crippen LogP) is 2.33. The van der Waals surface area contributed by atoms with Crippen LogP contribution in [0.3, 0.4) is 0 Å². The van der Waals surface area contributed by atoms with Crippen LogP contribution in [-0.2, 0) is 11.2 Å². The fraction of sp³-hybridized carbons (Fsp3) is 0.304. The highest BCUT2D eigenvalue weighted by molar-refractivity contribution is 6.01. The Kier molecular flexibility index (Phi) is 5.44. The van der Waals surface area contributed by atoms with Crippen LogP contribution >= 0.6 is 0 Å². The molecule has 1 aliphatic heterocycles. The van der Waals surface area contributed by atoms with Gasteiger partial charge in [-0.3, -0.25) is 19.9 Å². The van der Waals surface area contributed by atoms with E-state index in [4.69, 9.17) is 10.2 Å². The number of oxazole rings is 1. The molecule has 11 nitrogen and oxygen atoms in total. The Bertz CT molecular complexity index is 1380. The van der Waals surface area contributed by atoms with Crippen LogP contribution in [0.4, 0.5) is 11.8 Å². The summed E-state index contributed by atoms with van der Waals surface area (Å²) in [6.45, 7) is 2.63. The average molecular weight is 460 g/mol. The number of fused-ring (bicyclic) bond motifs is 1. The highest BCUT2D eigenvalue weighted by atomic mass is 16.4. The number of imidazole rings is 1. The van der Waals surface area contributed by atoms with E-state index in [-0.39, 0.29) is 23.5 Å². The van der Waals surface area contributed by atoms with Crippen molar-refractivity contribution >= 4 is 29.3 Å². The van der Waals surface area contributed by atoms with E-state index in [1.54, 1.807) is 4.90 Å². The first-order valence-electron chi connectivity index (χ1n) is 11.0. The van der Waals surface area contributed by atoms with Gasteiger partial charge < -0.3 is 19.5 Å². The van der Waals surface area contributed by atoms with Crippen molar-refractivity contribution in [2.24, 2.45) is 5.92 Å². The van der Waals surface area contributed by atoms with Crippen LogP contribution in [0.5, 0.6) is 0 Å². The Balaban J connectivity index is 1.52. The van der Waals surface area contributed by atoms with Gasteiger partial charge in [-0.25, -0.2) is 9.97 Å². The van der Waals surface area contributed by atoms with Gasteiger partial charge in [0.15, 0.2) is 0 Å². The molecule has 2 amide bonds. The van der Waals surface area contributed by atoms with Crippen molar-refractivity contribution < 1.29 is 14.0 Å². The minimum atomic E-state index is -0.491. The Morgan fingerprint density at radius 2 is 2.15 bits per heavy atom. The number of anilines is 2. The summed E-state index contributed by atoms with van der Waals surface area (Å²) in [7, 11) is 1.81. The summed E-state index contributed by atoms with van der Waals surface area (Å²) in [5.74, 6) is 0.337. The highest BCUT2D eigenvalue weighted by Gasteiger charge is 2.30. The summed E-state index contributed by atoms with van der Waals surface area (Å²) in [5, 5.41) is 2.64. The number of aryl methyl sites for hydroxylation is 1. The molecule has 0 aromatic carbocycles. The first kappa shape index (κ1) is 21.6. The topological polar surface area (TPSA) is 145 Å². The molecule has 0 spiro atoms. The number of rotatable bonds is 5. The number of aromatic nitrogens is 5. The first-order valence-corrected chi connectivity index (χ1v) is 11.0. The summed E-state index contributed by atoms with van der Waals surface area (Å²) in [4.78, 5) is 43.9. The Hall–Kier alpha value is -4.28. The summed E-state index contributed by atoms with van der Waals surface area (Å²) < 4.78 is 7.86. The van der Waals surface area contributed by atoms with Gasteiger partial charge in [-0.2, -0.15) is 4.98 Å². The molecule has 1 fully saturated rings. The lowest BCUT2D eigenvalue weighted by Gasteiger charge is -2.28. The molecule has 174 valence electrons. The number of nitrogens with one attached hydrogen (secondary N) is 1. The summed E-state index contributed by atoms with van der Waals surface area (Å²) >= 11 is 0. The minimum absolute atomic E-state index is 0.0271. The zero-order valence-electron chi connectivity index (χ0n) is 18.9. The molecule has 34 heavy (non-hydrogen) atoms. The van der Waals surface area contributed by atoms with Gasteiger partial charge in [-0.05, 0) is 31.9 Å². The lowest BCUT2D eigenvalue weighted by Crippen LogP contribution is -2.39. The van der Waals surface area contributed by atoms with E-state index in [9.17, 15) is 9.59 Å². The fourth-order valence-electron chi connectivity index (χ4n) is 4.20. The fourth-order valence-corrected chi connectivity index (χ4v) is 4.20. The third-order valence-electron chi connectivity index (χ3n) is 6.08. The van der Waals surface area contributed by atoms with E-state index in [2.05, 4.69) is 25.3 Å². The zero-order chi connectivity index (χ0) is 23.8. The Morgan fingerprint density at radius 1 is 1.29 bits per heavy atom. The van der Waals surface area contributed by atoms with Gasteiger partial charge in [0.25, 0.3) is 5.91 Å². The molecule has 5 rings (SSSR count). The number of carbonyl (C=O) groups is 2. The number of nitrogen functional groups attached to an aromatic ring is 1. The zero-order valence-corrected chi connectivity index (χ0v) is 18.9. The van der Waals surface area contributed by atoms with Crippen molar-refractivity contribution in [1.29, 1.82) is 0 Å². The lowest BCUT2D eigenvalue weighted by atomic mass is 9.92. The van der Waals surface area contributed by atoms with Crippen molar-refractivity contribution in [2.75, 3.05) is 24.6 Å². The third kappa shape index (κ3) is 3.96. The monoisotopic (exact) mass is 460 g/mol. The van der Waals surface area contributed by atoms with E-state index in [1.807, 2.05) is 36.7 Å². The van der Waals surface area contributed by atoms with Crippen molar-refractivity contribution in [1.82, 2.24) is 29.2 Å². The molecule has 1 atom stereocenters. The standard InChI is InChI=1S/C23H24N8O3/c1-13-20(24)27-18-6-5-15(12-31(13)18)19-17(10-14-4-3-9-30(2)22(14)33)34-23(28-19)29-21(32)16-11-25-7-8-26-16/h5-8,11-12,14H,3-4,9-10,24H2,1-2H3,(H,28,29,32). The van der Waals surface area contributed by atoms with Crippen LogP contribution in [0.15, 0.2) is 41.3 Å². The number of nitrogens with two attached hydrogens (primary N) is 1. The highest BCUT2D eigenvalue weighted by Crippen LogP contribution is 2.32. The van der Waals surface area contributed by atoms with Gasteiger partial charge in [0.05, 0.1) is 11.9 Å². The van der Waals surface area contributed by atoms with Crippen molar-refractivity contribution in [3.05, 3.63) is 54.1 Å². The summed E-state index contributed by atoms with van der Waals surface area (Å²) in [6.07, 6.45) is 8.20. The third-order valence-corrected chi connectivity index (χ3v) is 6.08. The van der Waals surface area contributed by atoms with Crippen LogP contribution < -0.4 is 11.1 Å². The van der Waals surface area contributed by atoms with Gasteiger partial charge in [0, 0.05) is 50.1 Å². The van der Waals surface area contributed by atoms with Gasteiger partial charge in [0.1, 0.15) is 28.6 Å². The number of likely N-dealkylation sites (tertiary alicyclic amines) is 1. The molecular formula is C23H24N8O3. The van der Waals surface area contributed by atoms with Crippen LogP contribution in [0.1, 0.15) is 34.8 Å². The van der Waals surface area contributed by atoms with Gasteiger partial charge >= 0.3 is 6.01 Å². The summed E-state index contributed by atoms with van der Waals surface area (Å²) in [6, 6.07) is 3.74. The molecule has 5 heterocycles. The molecular weight excluding hydrogens is 436 g/mol. The van der Waals surface area contributed by atoms with Crippen molar-refractivity contribution in [2.45, 2.75) is 26.2 Å². The smallest absolute Gasteiger partial charge is 0.302 e. The molecule has 11 heteroatoms. The van der Waals surface area contributed by atoms with Gasteiger partial charge in [-0.15, -0.1) is 0 Å². The largest absolute Gasteiger partial charge is 0.428 e. The van der Waals surface area contributed by atoms with Crippen LogP contribution in [-0.4, -0.2) is 54.6 Å². The predicted molar refractivity (Wildman–Crippen MR) is 124 cm³/mol. The number of piperidine rings is 1. The lowest BCUT2D eigenvalue weighted by molar-refractivity contribution is -0.136. The van der Waals surface area contributed by atoms with Crippen molar-refractivity contribution in [3.63, 3.8) is 0 Å². The van der Waals surface area contributed by atoms with Crippen LogP contribution in [0, 0.1) is 12.8 Å². The number of amides is 2. The van der Waals surface area contributed by atoms with E-state index < -0.39 is 5.91 Å². The number of carbonyl (C=O) groups excluding carboxylic acids is 2. The second kappa shape index (κ2) is 8.58. The van der Waals surface area contributed by atoms with Crippen LogP contribution in [0.2, 0.25) is 0 Å². The maximum atomic E-state index is 12.7. The molecule has 1 unspecified atom stereocenters. The number of nitrogens with zero attached hydrogens (tertiary/aromatic N) is 6. The molecule has 4 aromatic rings. The second-order valence-corrected chi connectivity index (χ2v) is 8.37. The molecule has 0 saturated carbocycles. The molecule has 1 aliphatic rings. The maximum Gasteiger partial charge on any atom is 0.302 e. The molecule has 0 bridgehead atoms. The normalized spacial score (nSPS) is 16.2. The molecule has 0 aliphatic carbocycles. The second-order valence-electron chi connectivity index (χ2n) is 8.37. The average Bonchev–Trinajstić information content (AvgIpc) is 3.36. The quantitative estimate of drug-likeness (QED) is 0.462. The van der Waals surface area contributed by atoms with E-state index in [1.165, 1.54) is 18.6 Å². The van der Waals surface area contributed by atoms with Crippen LogP contribution in [0.25, 0.3) is 16.9 Å². The first-order chi connectivity index (χ1) is 16.4. The molecule has 0 radical (unpaired) electrons. The molecule has 4 aromatic heterocycles. The molecule has 1 saturated heterocycles. The number of hydrogen-bond donors (Lipinski definition) is 2. The SMILES string of the molecule is Cc1c(N)nc2ccc(-c3nc(NC(=O)c4cnccn4)oc3CC3CCCN(C)C3=O)cn12. The van der Waals surface area contributed by atoms with Gasteiger partial charge in [0.2, 0.25) is 5.91 Å². The maximum absolute atomic E-state index is 12.7. The van der Waals surface area contributed by atoms with Gasteiger partial charge in [-0.1, -0.05) is 0 Å². The number of hydrogen-bond acceptors (Lipinski definition) is 8. The minimum Gasteiger partial charge on any atom is -0.428 e. The Morgan fingerprint density at radius 3 is 2.94 bits per heavy atom. The Labute approximate surface area is 195 Å². The number of pyridine rings is 1. The summed E-state index contributed by atoms with van der Waals surface area (Å²) in [5.41, 5.74) is 8.93.